The molecule has 0 bridgehead atoms. The normalized spacial score (nSPS) is 20.5. The molecule has 7 heteroatoms. The minimum Gasteiger partial charge on any atom is -0.497 e. The molecule has 1 aromatic heterocycles. The second-order valence-electron chi connectivity index (χ2n) is 8.57. The quantitative estimate of drug-likeness (QED) is 0.652. The molecule has 1 saturated heterocycles. The number of carbonyl (C=O) groups excluding carboxylic acids is 1. The van der Waals surface area contributed by atoms with E-state index in [0.29, 0.717) is 18.4 Å². The molecular formula is C25H28N4O3. The second-order valence-corrected chi connectivity index (χ2v) is 8.57. The van der Waals surface area contributed by atoms with E-state index >= 15 is 0 Å². The zero-order valence-electron chi connectivity index (χ0n) is 18.3. The maximum absolute atomic E-state index is 13.1. The van der Waals surface area contributed by atoms with Gasteiger partial charge in [-0.15, -0.1) is 0 Å². The standard InChI is InChI=1S/C25H28N4O3/c1-31-20-13-11-18(12-14-20)23-27-25(32-28-23)29-15-5-8-19(16-29)24(30)26-22-10-4-7-17-6-2-3-9-21(17)22/h2-3,6,9,11-14,19,22H,4-5,7-8,10,15-16H2,1H3,(H,26,30)/t19-,22-/m0/s1. The van der Waals surface area contributed by atoms with Gasteiger partial charge in [0.2, 0.25) is 11.7 Å². The summed E-state index contributed by atoms with van der Waals surface area (Å²) in [6.07, 6.45) is 4.98. The molecule has 2 aromatic carbocycles. The predicted octanol–water partition coefficient (Wildman–Crippen LogP) is 4.16. The number of hydrogen-bond acceptors (Lipinski definition) is 6. The Balaban J connectivity index is 1.25. The number of fused-ring (bicyclic) bond motifs is 1. The minimum absolute atomic E-state index is 0.0887. The van der Waals surface area contributed by atoms with Gasteiger partial charge in [0.05, 0.1) is 19.1 Å². The van der Waals surface area contributed by atoms with Crippen molar-refractivity contribution < 1.29 is 14.1 Å². The molecule has 3 aromatic rings. The van der Waals surface area contributed by atoms with E-state index in [1.165, 1.54) is 11.1 Å². The lowest BCUT2D eigenvalue weighted by atomic mass is 9.87. The van der Waals surface area contributed by atoms with E-state index in [1.807, 2.05) is 29.2 Å². The summed E-state index contributed by atoms with van der Waals surface area (Å²) >= 11 is 0. The van der Waals surface area contributed by atoms with Gasteiger partial charge in [-0.05, 0) is 67.5 Å². The molecule has 0 radical (unpaired) electrons. The number of methoxy groups -OCH3 is 1. The van der Waals surface area contributed by atoms with Crippen LogP contribution >= 0.6 is 0 Å². The van der Waals surface area contributed by atoms with E-state index < -0.39 is 0 Å². The summed E-state index contributed by atoms with van der Waals surface area (Å²) in [6, 6.07) is 16.6. The fourth-order valence-corrected chi connectivity index (χ4v) is 4.76. The molecule has 7 nitrogen and oxygen atoms in total. The van der Waals surface area contributed by atoms with Gasteiger partial charge in [0.15, 0.2) is 0 Å². The van der Waals surface area contributed by atoms with Gasteiger partial charge < -0.3 is 19.5 Å². The van der Waals surface area contributed by atoms with Gasteiger partial charge in [0.1, 0.15) is 5.75 Å². The van der Waals surface area contributed by atoms with Crippen LogP contribution in [0.15, 0.2) is 53.1 Å². The fraction of sp³-hybridized carbons (Fsp3) is 0.400. The topological polar surface area (TPSA) is 80.5 Å². The van der Waals surface area contributed by atoms with Crippen LogP contribution in [-0.4, -0.2) is 36.2 Å². The van der Waals surface area contributed by atoms with Crippen LogP contribution in [0.4, 0.5) is 6.01 Å². The van der Waals surface area contributed by atoms with Gasteiger partial charge in [-0.1, -0.05) is 29.4 Å². The van der Waals surface area contributed by atoms with Gasteiger partial charge in [0.25, 0.3) is 0 Å². The molecule has 0 unspecified atom stereocenters. The van der Waals surface area contributed by atoms with E-state index in [0.717, 1.165) is 50.0 Å². The molecular weight excluding hydrogens is 404 g/mol. The largest absolute Gasteiger partial charge is 0.497 e. The van der Waals surface area contributed by atoms with Crippen molar-refractivity contribution in [2.75, 3.05) is 25.1 Å². The Morgan fingerprint density at radius 2 is 1.97 bits per heavy atom. The summed E-state index contributed by atoms with van der Waals surface area (Å²) < 4.78 is 10.7. The number of anilines is 1. The first-order chi connectivity index (χ1) is 15.7. The Kier molecular flexibility index (Phi) is 5.79. The van der Waals surface area contributed by atoms with Gasteiger partial charge in [-0.2, -0.15) is 4.98 Å². The van der Waals surface area contributed by atoms with Crippen molar-refractivity contribution in [3.05, 3.63) is 59.7 Å². The lowest BCUT2D eigenvalue weighted by molar-refractivity contribution is -0.126. The van der Waals surface area contributed by atoms with Crippen molar-refractivity contribution in [2.45, 2.75) is 38.1 Å². The minimum atomic E-state index is -0.0887. The zero-order valence-corrected chi connectivity index (χ0v) is 18.3. The van der Waals surface area contributed by atoms with E-state index in [1.54, 1.807) is 7.11 Å². The second kappa shape index (κ2) is 9.02. The first kappa shape index (κ1) is 20.5. The van der Waals surface area contributed by atoms with Crippen LogP contribution in [0.1, 0.15) is 42.9 Å². The average Bonchev–Trinajstić information content (AvgIpc) is 3.35. The van der Waals surface area contributed by atoms with Crippen LogP contribution in [-0.2, 0) is 11.2 Å². The molecule has 166 valence electrons. The smallest absolute Gasteiger partial charge is 0.324 e. The summed E-state index contributed by atoms with van der Waals surface area (Å²) in [5, 5.41) is 7.45. The molecule has 0 saturated carbocycles. The van der Waals surface area contributed by atoms with E-state index in [9.17, 15) is 4.79 Å². The highest BCUT2D eigenvalue weighted by molar-refractivity contribution is 5.80. The SMILES string of the molecule is COc1ccc(-c2noc(N3CCC[C@H](C(=O)N[C@H]4CCCc5ccccc54)C3)n2)cc1. The summed E-state index contributed by atoms with van der Waals surface area (Å²) in [4.78, 5) is 19.7. The number of aryl methyl sites for hydroxylation is 1. The van der Waals surface area contributed by atoms with Gasteiger partial charge in [-0.3, -0.25) is 4.79 Å². The van der Waals surface area contributed by atoms with E-state index in [-0.39, 0.29) is 17.9 Å². The number of carbonyl (C=O) groups is 1. The molecule has 2 aliphatic rings. The Bertz CT molecular complexity index is 1080. The third-order valence-corrected chi connectivity index (χ3v) is 6.51. The van der Waals surface area contributed by atoms with Crippen LogP contribution < -0.4 is 15.0 Å². The number of piperidine rings is 1. The van der Waals surface area contributed by atoms with E-state index in [4.69, 9.17) is 9.26 Å². The van der Waals surface area contributed by atoms with Crippen LogP contribution in [0.25, 0.3) is 11.4 Å². The average molecular weight is 433 g/mol. The van der Waals surface area contributed by atoms with E-state index in [2.05, 4.69) is 39.7 Å². The molecule has 32 heavy (non-hydrogen) atoms. The van der Waals surface area contributed by atoms with Crippen molar-refractivity contribution in [1.29, 1.82) is 0 Å². The number of nitrogens with one attached hydrogen (secondary N) is 1. The van der Waals surface area contributed by atoms with Crippen LogP contribution in [0, 0.1) is 5.92 Å². The molecule has 0 spiro atoms. The predicted molar refractivity (Wildman–Crippen MR) is 121 cm³/mol. The summed E-state index contributed by atoms with van der Waals surface area (Å²) in [6.45, 7) is 1.39. The monoisotopic (exact) mass is 432 g/mol. The lowest BCUT2D eigenvalue weighted by Crippen LogP contribution is -2.44. The summed E-state index contributed by atoms with van der Waals surface area (Å²) in [5.41, 5.74) is 3.48. The molecule has 1 fully saturated rings. The lowest BCUT2D eigenvalue weighted by Gasteiger charge is -2.33. The Hall–Kier alpha value is -3.35. The molecule has 1 amide bonds. The fourth-order valence-electron chi connectivity index (χ4n) is 4.76. The number of aromatic nitrogens is 2. The van der Waals surface area contributed by atoms with Gasteiger partial charge in [-0.25, -0.2) is 0 Å². The maximum Gasteiger partial charge on any atom is 0.324 e. The zero-order chi connectivity index (χ0) is 21.9. The Morgan fingerprint density at radius 3 is 2.81 bits per heavy atom. The van der Waals surface area contributed by atoms with Crippen molar-refractivity contribution in [3.8, 4) is 17.1 Å². The highest BCUT2D eigenvalue weighted by atomic mass is 16.5. The number of nitrogens with zero attached hydrogens (tertiary/aromatic N) is 3. The first-order valence-corrected chi connectivity index (χ1v) is 11.3. The summed E-state index contributed by atoms with van der Waals surface area (Å²) in [5.74, 6) is 1.34. The van der Waals surface area contributed by atoms with Crippen molar-refractivity contribution in [2.24, 2.45) is 5.92 Å². The molecule has 1 aliphatic carbocycles. The Labute approximate surface area is 187 Å². The van der Waals surface area contributed by atoms with Gasteiger partial charge in [0, 0.05) is 18.7 Å². The van der Waals surface area contributed by atoms with Crippen LogP contribution in [0.3, 0.4) is 0 Å². The molecule has 2 heterocycles. The third kappa shape index (κ3) is 4.20. The summed E-state index contributed by atoms with van der Waals surface area (Å²) in [7, 11) is 1.64. The number of benzene rings is 2. The molecule has 1 N–H and O–H groups in total. The molecule has 1 aliphatic heterocycles. The maximum atomic E-state index is 13.1. The van der Waals surface area contributed by atoms with Crippen LogP contribution in [0.5, 0.6) is 5.75 Å². The number of amides is 1. The highest BCUT2D eigenvalue weighted by Crippen LogP contribution is 2.31. The highest BCUT2D eigenvalue weighted by Gasteiger charge is 2.31. The number of hydrogen-bond donors (Lipinski definition) is 1. The first-order valence-electron chi connectivity index (χ1n) is 11.3. The third-order valence-electron chi connectivity index (χ3n) is 6.51. The van der Waals surface area contributed by atoms with Crippen molar-refractivity contribution >= 4 is 11.9 Å². The van der Waals surface area contributed by atoms with Gasteiger partial charge >= 0.3 is 6.01 Å². The molecule has 2 atom stereocenters. The van der Waals surface area contributed by atoms with Crippen LogP contribution in [0.2, 0.25) is 0 Å². The molecule has 5 rings (SSSR count). The number of ether oxygens (including phenoxy) is 1. The van der Waals surface area contributed by atoms with Crippen molar-refractivity contribution in [1.82, 2.24) is 15.5 Å². The Morgan fingerprint density at radius 1 is 1.12 bits per heavy atom. The number of rotatable bonds is 5. The van der Waals surface area contributed by atoms with Crippen molar-refractivity contribution in [3.63, 3.8) is 0 Å².